The number of primary amides is 1. The first kappa shape index (κ1) is 23.4. The summed E-state index contributed by atoms with van der Waals surface area (Å²) >= 11 is 1.22. The van der Waals surface area contributed by atoms with Gasteiger partial charge >= 0.3 is 0 Å². The van der Waals surface area contributed by atoms with Gasteiger partial charge in [0.15, 0.2) is 12.4 Å². The number of benzene rings is 1. The first-order valence-electron chi connectivity index (χ1n) is 9.97. The Morgan fingerprint density at radius 3 is 2.50 bits per heavy atom. The molecule has 1 aromatic carbocycles. The number of amides is 2. The van der Waals surface area contributed by atoms with Crippen LogP contribution in [0, 0.1) is 13.8 Å². The molecule has 0 saturated heterocycles. The number of ketones is 1. The van der Waals surface area contributed by atoms with Crippen LogP contribution in [-0.2, 0) is 14.3 Å². The van der Waals surface area contributed by atoms with Gasteiger partial charge < -0.3 is 25.2 Å². The van der Waals surface area contributed by atoms with Gasteiger partial charge in [-0.05, 0) is 38.0 Å². The Morgan fingerprint density at radius 1 is 1.25 bits per heavy atom. The zero-order valence-electron chi connectivity index (χ0n) is 18.1. The SMILES string of the molecule is COCCCN1C(=O)C(O)=C(C(=O)c2sc(C)nc2C)C1c1ccc(OCC(N)=O)cc1. The van der Waals surface area contributed by atoms with E-state index in [-0.39, 0.29) is 12.2 Å². The van der Waals surface area contributed by atoms with E-state index < -0.39 is 29.4 Å². The smallest absolute Gasteiger partial charge is 0.290 e. The zero-order valence-corrected chi connectivity index (χ0v) is 18.9. The zero-order chi connectivity index (χ0) is 23.4. The Labute approximate surface area is 189 Å². The molecule has 0 bridgehead atoms. The molecule has 1 atom stereocenters. The van der Waals surface area contributed by atoms with E-state index in [0.717, 1.165) is 5.01 Å². The van der Waals surface area contributed by atoms with Gasteiger partial charge in [-0.15, -0.1) is 11.3 Å². The summed E-state index contributed by atoms with van der Waals surface area (Å²) < 4.78 is 10.4. The Balaban J connectivity index is 1.99. The van der Waals surface area contributed by atoms with E-state index in [1.54, 1.807) is 45.2 Å². The highest BCUT2D eigenvalue weighted by atomic mass is 32.1. The van der Waals surface area contributed by atoms with Crippen LogP contribution < -0.4 is 10.5 Å². The number of aliphatic hydroxyl groups excluding tert-OH is 1. The first-order valence-corrected chi connectivity index (χ1v) is 10.8. The number of thiazole rings is 1. The molecule has 3 rings (SSSR count). The minimum Gasteiger partial charge on any atom is -0.503 e. The lowest BCUT2D eigenvalue weighted by Crippen LogP contribution is -2.32. The minimum atomic E-state index is -0.779. The number of carbonyl (C=O) groups is 3. The highest BCUT2D eigenvalue weighted by Crippen LogP contribution is 2.40. The fraction of sp³-hybridized carbons (Fsp3) is 0.364. The van der Waals surface area contributed by atoms with Gasteiger partial charge in [0.05, 0.1) is 27.2 Å². The van der Waals surface area contributed by atoms with Crippen LogP contribution in [0.4, 0.5) is 0 Å². The molecule has 1 aliphatic rings. The molecule has 1 aromatic heterocycles. The molecule has 0 spiro atoms. The Kier molecular flexibility index (Phi) is 7.26. The van der Waals surface area contributed by atoms with Crippen LogP contribution in [0.2, 0.25) is 0 Å². The Bertz CT molecular complexity index is 1060. The fourth-order valence-electron chi connectivity index (χ4n) is 3.61. The molecule has 3 N–H and O–H groups in total. The molecule has 1 aliphatic heterocycles. The molecule has 2 amide bonds. The lowest BCUT2D eigenvalue weighted by atomic mass is 9.95. The van der Waals surface area contributed by atoms with Gasteiger partial charge in [-0.3, -0.25) is 14.4 Å². The maximum atomic E-state index is 13.4. The molecule has 0 aliphatic carbocycles. The van der Waals surface area contributed by atoms with Crippen molar-refractivity contribution < 1.29 is 29.0 Å². The fourth-order valence-corrected chi connectivity index (χ4v) is 4.48. The number of ether oxygens (including phenoxy) is 2. The van der Waals surface area contributed by atoms with Crippen molar-refractivity contribution in [2.75, 3.05) is 26.9 Å². The molecule has 32 heavy (non-hydrogen) atoms. The number of aliphatic hydroxyl groups is 1. The van der Waals surface area contributed by atoms with Crippen LogP contribution in [0.15, 0.2) is 35.6 Å². The number of aromatic nitrogens is 1. The highest BCUT2D eigenvalue weighted by molar-refractivity contribution is 7.14. The van der Waals surface area contributed by atoms with Crippen molar-refractivity contribution in [2.45, 2.75) is 26.3 Å². The molecule has 170 valence electrons. The van der Waals surface area contributed by atoms with Crippen LogP contribution in [0.3, 0.4) is 0 Å². The van der Waals surface area contributed by atoms with E-state index in [0.29, 0.717) is 41.5 Å². The number of hydrogen-bond donors (Lipinski definition) is 2. The largest absolute Gasteiger partial charge is 0.503 e. The lowest BCUT2D eigenvalue weighted by molar-refractivity contribution is -0.129. The van der Waals surface area contributed by atoms with Gasteiger partial charge in [-0.25, -0.2) is 4.98 Å². The standard InChI is InChI=1S/C22H25N3O6S/c1-12-21(32-13(2)24-12)19(27)17-18(25(9-4-10-30-3)22(29)20(17)28)14-5-7-15(8-6-14)31-11-16(23)26/h5-8,18,28H,4,9-11H2,1-3H3,(H2,23,26). The molecule has 0 radical (unpaired) electrons. The quantitative estimate of drug-likeness (QED) is 0.411. The van der Waals surface area contributed by atoms with Gasteiger partial charge in [0.2, 0.25) is 5.78 Å². The number of methoxy groups -OCH3 is 1. The Morgan fingerprint density at radius 2 is 1.94 bits per heavy atom. The molecule has 10 heteroatoms. The number of hydrogen-bond acceptors (Lipinski definition) is 8. The monoisotopic (exact) mass is 459 g/mol. The third kappa shape index (κ3) is 4.81. The van der Waals surface area contributed by atoms with Crippen LogP contribution in [0.5, 0.6) is 5.75 Å². The summed E-state index contributed by atoms with van der Waals surface area (Å²) in [5.74, 6) is -1.78. The molecule has 2 heterocycles. The van der Waals surface area contributed by atoms with Gasteiger partial charge in [0.25, 0.3) is 11.8 Å². The van der Waals surface area contributed by atoms with Crippen molar-refractivity contribution in [1.82, 2.24) is 9.88 Å². The second-order valence-corrected chi connectivity index (χ2v) is 8.51. The molecular formula is C22H25N3O6S. The van der Waals surface area contributed by atoms with E-state index in [1.165, 1.54) is 16.2 Å². The third-order valence-electron chi connectivity index (χ3n) is 4.98. The van der Waals surface area contributed by atoms with E-state index in [2.05, 4.69) is 4.98 Å². The average molecular weight is 460 g/mol. The van der Waals surface area contributed by atoms with E-state index in [9.17, 15) is 19.5 Å². The normalized spacial score (nSPS) is 16.0. The van der Waals surface area contributed by atoms with Gasteiger partial charge in [0.1, 0.15) is 5.75 Å². The average Bonchev–Trinajstić information content (AvgIpc) is 3.22. The van der Waals surface area contributed by atoms with Crippen LogP contribution in [0.25, 0.3) is 0 Å². The van der Waals surface area contributed by atoms with E-state index >= 15 is 0 Å². The van der Waals surface area contributed by atoms with E-state index in [1.807, 2.05) is 0 Å². The molecule has 9 nitrogen and oxygen atoms in total. The maximum absolute atomic E-state index is 13.4. The Hall–Kier alpha value is -3.24. The number of Topliss-reactive ketones (excluding diaryl/α,β-unsaturated/α-hetero) is 1. The van der Waals surface area contributed by atoms with Gasteiger partial charge in [0, 0.05) is 20.3 Å². The highest BCUT2D eigenvalue weighted by Gasteiger charge is 2.44. The van der Waals surface area contributed by atoms with Crippen LogP contribution in [-0.4, -0.2) is 59.5 Å². The summed E-state index contributed by atoms with van der Waals surface area (Å²) in [5.41, 5.74) is 6.29. The number of nitrogens with two attached hydrogens (primary N) is 1. The molecular weight excluding hydrogens is 434 g/mol. The molecule has 1 unspecified atom stereocenters. The molecule has 0 saturated carbocycles. The summed E-state index contributed by atoms with van der Waals surface area (Å²) in [6.07, 6.45) is 0.534. The number of rotatable bonds is 10. The number of carbonyl (C=O) groups excluding carboxylic acids is 3. The summed E-state index contributed by atoms with van der Waals surface area (Å²) in [6.45, 7) is 3.97. The predicted molar refractivity (Wildman–Crippen MR) is 118 cm³/mol. The summed E-state index contributed by atoms with van der Waals surface area (Å²) in [6, 6.07) is 5.84. The van der Waals surface area contributed by atoms with Gasteiger partial charge in [-0.2, -0.15) is 0 Å². The topological polar surface area (TPSA) is 132 Å². The van der Waals surface area contributed by atoms with Crippen molar-refractivity contribution in [3.8, 4) is 5.75 Å². The van der Waals surface area contributed by atoms with Crippen LogP contribution in [0.1, 0.15) is 38.4 Å². The van der Waals surface area contributed by atoms with Crippen molar-refractivity contribution >= 4 is 28.9 Å². The van der Waals surface area contributed by atoms with Crippen molar-refractivity contribution in [2.24, 2.45) is 5.73 Å². The van der Waals surface area contributed by atoms with Crippen LogP contribution >= 0.6 is 11.3 Å². The van der Waals surface area contributed by atoms with Gasteiger partial charge in [-0.1, -0.05) is 12.1 Å². The van der Waals surface area contributed by atoms with Crippen molar-refractivity contribution in [3.05, 3.63) is 56.7 Å². The summed E-state index contributed by atoms with van der Waals surface area (Å²) in [7, 11) is 1.56. The number of aryl methyl sites for hydroxylation is 2. The maximum Gasteiger partial charge on any atom is 0.290 e. The van der Waals surface area contributed by atoms with E-state index in [4.69, 9.17) is 15.2 Å². The van der Waals surface area contributed by atoms with Crippen molar-refractivity contribution in [1.29, 1.82) is 0 Å². The first-order chi connectivity index (χ1) is 15.2. The second kappa shape index (κ2) is 9.92. The third-order valence-corrected chi connectivity index (χ3v) is 6.05. The lowest BCUT2D eigenvalue weighted by Gasteiger charge is -2.27. The molecule has 0 fully saturated rings. The predicted octanol–water partition coefficient (Wildman–Crippen LogP) is 2.24. The minimum absolute atomic E-state index is 0.0185. The molecule has 2 aromatic rings. The van der Waals surface area contributed by atoms with Crippen molar-refractivity contribution in [3.63, 3.8) is 0 Å². The number of nitrogens with zero attached hydrogens (tertiary/aromatic N) is 2. The second-order valence-electron chi connectivity index (χ2n) is 7.31. The summed E-state index contributed by atoms with van der Waals surface area (Å²) in [5, 5.41) is 11.4. The summed E-state index contributed by atoms with van der Waals surface area (Å²) in [4.78, 5) is 43.4.